The molecule has 0 aliphatic rings. The minimum atomic E-state index is -0.950. The van der Waals surface area contributed by atoms with Gasteiger partial charge >= 0.3 is 0 Å². The second kappa shape index (κ2) is 9.45. The summed E-state index contributed by atoms with van der Waals surface area (Å²) in [6.07, 6.45) is -2.59. The first-order valence-corrected chi connectivity index (χ1v) is 7.37. The van der Waals surface area contributed by atoms with Crippen LogP contribution in [0.2, 0.25) is 0 Å². The van der Waals surface area contributed by atoms with E-state index in [1.165, 1.54) is 6.92 Å². The molecule has 3 N–H and O–H groups in total. The molecule has 0 aromatic carbocycles. The maximum Gasteiger partial charge on any atom is 0.135 e. The highest BCUT2D eigenvalue weighted by molar-refractivity contribution is 5.80. The molecule has 4 atom stereocenters. The third-order valence-corrected chi connectivity index (χ3v) is 3.24. The van der Waals surface area contributed by atoms with E-state index in [0.29, 0.717) is 12.8 Å². The Hall–Kier alpha value is -0.490. The maximum absolute atomic E-state index is 11.6. The monoisotopic (exact) mass is 290 g/mol. The molecule has 20 heavy (non-hydrogen) atoms. The van der Waals surface area contributed by atoms with Crippen LogP contribution in [0.3, 0.4) is 0 Å². The lowest BCUT2D eigenvalue weighted by Crippen LogP contribution is -2.38. The number of hydrogen-bond donors (Lipinski definition) is 3. The standard InChI is InChI=1S/C15H30O5/c1-9(2)12(17)6-7-13(18)15(20-10(3)4)8-14(19)11(5)16/h9-11,13-16,18-19H,6-8H2,1-5H3. The lowest BCUT2D eigenvalue weighted by atomic mass is 9.96. The number of aliphatic hydroxyl groups excluding tert-OH is 3. The molecule has 120 valence electrons. The zero-order chi connectivity index (χ0) is 15.9. The SMILES string of the molecule is CC(C)OC(CC(O)C(C)O)C(O)CCC(=O)C(C)C. The lowest BCUT2D eigenvalue weighted by Gasteiger charge is -2.28. The first kappa shape index (κ1) is 19.5. The van der Waals surface area contributed by atoms with E-state index in [1.54, 1.807) is 0 Å². The van der Waals surface area contributed by atoms with Crippen molar-refractivity contribution >= 4 is 5.78 Å². The van der Waals surface area contributed by atoms with Gasteiger partial charge in [0.15, 0.2) is 0 Å². The predicted molar refractivity (Wildman–Crippen MR) is 77.4 cm³/mol. The molecule has 0 heterocycles. The Morgan fingerprint density at radius 1 is 1.00 bits per heavy atom. The third kappa shape index (κ3) is 7.94. The van der Waals surface area contributed by atoms with Crippen molar-refractivity contribution in [1.82, 2.24) is 0 Å². The number of hydrogen-bond acceptors (Lipinski definition) is 5. The first-order valence-electron chi connectivity index (χ1n) is 7.37. The highest BCUT2D eigenvalue weighted by atomic mass is 16.5. The number of carbonyl (C=O) groups excluding carboxylic acids is 1. The number of ketones is 1. The lowest BCUT2D eigenvalue weighted by molar-refractivity contribution is -0.124. The van der Waals surface area contributed by atoms with Crippen LogP contribution in [-0.4, -0.2) is 51.6 Å². The van der Waals surface area contributed by atoms with Crippen molar-refractivity contribution in [1.29, 1.82) is 0 Å². The molecule has 0 rings (SSSR count). The van der Waals surface area contributed by atoms with Crippen LogP contribution in [0.1, 0.15) is 53.9 Å². The molecule has 5 heteroatoms. The van der Waals surface area contributed by atoms with Gasteiger partial charge in [0.1, 0.15) is 5.78 Å². The van der Waals surface area contributed by atoms with Gasteiger partial charge < -0.3 is 20.1 Å². The molecule has 0 aliphatic carbocycles. The number of ether oxygens (including phenoxy) is 1. The van der Waals surface area contributed by atoms with E-state index >= 15 is 0 Å². The smallest absolute Gasteiger partial charge is 0.135 e. The normalized spacial score (nSPS) is 18.1. The minimum Gasteiger partial charge on any atom is -0.391 e. The van der Waals surface area contributed by atoms with Crippen molar-refractivity contribution in [2.45, 2.75) is 84.4 Å². The fourth-order valence-corrected chi connectivity index (χ4v) is 1.85. The quantitative estimate of drug-likeness (QED) is 0.564. The van der Waals surface area contributed by atoms with Gasteiger partial charge in [-0.05, 0) is 27.2 Å². The molecule has 0 bridgehead atoms. The Balaban J connectivity index is 4.48. The van der Waals surface area contributed by atoms with Crippen LogP contribution in [0.15, 0.2) is 0 Å². The molecule has 0 aromatic rings. The van der Waals surface area contributed by atoms with Crippen LogP contribution in [-0.2, 0) is 9.53 Å². The van der Waals surface area contributed by atoms with Gasteiger partial charge in [-0.25, -0.2) is 0 Å². The van der Waals surface area contributed by atoms with Gasteiger partial charge in [-0.3, -0.25) is 4.79 Å². The Morgan fingerprint density at radius 2 is 1.55 bits per heavy atom. The van der Waals surface area contributed by atoms with E-state index in [0.717, 1.165) is 0 Å². The van der Waals surface area contributed by atoms with Crippen molar-refractivity contribution in [2.75, 3.05) is 0 Å². The number of carbonyl (C=O) groups is 1. The van der Waals surface area contributed by atoms with E-state index in [4.69, 9.17) is 4.74 Å². The Labute approximate surface area is 122 Å². The van der Waals surface area contributed by atoms with E-state index < -0.39 is 24.4 Å². The van der Waals surface area contributed by atoms with Gasteiger partial charge in [0.25, 0.3) is 0 Å². The van der Waals surface area contributed by atoms with E-state index in [2.05, 4.69) is 0 Å². The third-order valence-electron chi connectivity index (χ3n) is 3.24. The number of Topliss-reactive ketones (excluding diaryl/α,β-unsaturated/α-hetero) is 1. The van der Waals surface area contributed by atoms with Gasteiger partial charge in [0, 0.05) is 18.8 Å². The summed E-state index contributed by atoms with van der Waals surface area (Å²) in [5.74, 6) is 0.0538. The van der Waals surface area contributed by atoms with Gasteiger partial charge in [-0.2, -0.15) is 0 Å². The largest absolute Gasteiger partial charge is 0.391 e. The highest BCUT2D eigenvalue weighted by Crippen LogP contribution is 2.17. The zero-order valence-corrected chi connectivity index (χ0v) is 13.2. The molecule has 0 aromatic heterocycles. The highest BCUT2D eigenvalue weighted by Gasteiger charge is 2.26. The van der Waals surface area contributed by atoms with Crippen LogP contribution in [0.25, 0.3) is 0 Å². The van der Waals surface area contributed by atoms with Crippen molar-refractivity contribution in [3.8, 4) is 0 Å². The second-order valence-corrected chi connectivity index (χ2v) is 5.99. The molecule has 0 aliphatic heterocycles. The summed E-state index contributed by atoms with van der Waals surface area (Å²) in [4.78, 5) is 11.6. The van der Waals surface area contributed by atoms with Crippen LogP contribution in [0.5, 0.6) is 0 Å². The molecule has 4 unspecified atom stereocenters. The molecular weight excluding hydrogens is 260 g/mol. The summed E-state index contributed by atoms with van der Waals surface area (Å²) < 4.78 is 5.59. The van der Waals surface area contributed by atoms with Crippen LogP contribution in [0, 0.1) is 5.92 Å². The summed E-state index contributed by atoms with van der Waals surface area (Å²) in [5, 5.41) is 29.2. The van der Waals surface area contributed by atoms with Crippen LogP contribution >= 0.6 is 0 Å². The van der Waals surface area contributed by atoms with Crippen molar-refractivity contribution in [2.24, 2.45) is 5.92 Å². The number of rotatable bonds is 10. The Bertz CT molecular complexity index is 275. The van der Waals surface area contributed by atoms with Crippen molar-refractivity contribution in [3.63, 3.8) is 0 Å². The molecular formula is C15H30O5. The summed E-state index contributed by atoms with van der Waals surface area (Å²) in [6.45, 7) is 8.83. The van der Waals surface area contributed by atoms with E-state index in [-0.39, 0.29) is 24.2 Å². The molecule has 0 spiro atoms. The molecule has 0 amide bonds. The fraction of sp³-hybridized carbons (Fsp3) is 0.933. The molecule has 0 saturated carbocycles. The van der Waals surface area contributed by atoms with Crippen LogP contribution in [0.4, 0.5) is 0 Å². The van der Waals surface area contributed by atoms with Crippen molar-refractivity contribution in [3.05, 3.63) is 0 Å². The van der Waals surface area contributed by atoms with Crippen LogP contribution < -0.4 is 0 Å². The zero-order valence-electron chi connectivity index (χ0n) is 13.2. The molecule has 0 saturated heterocycles. The molecule has 0 radical (unpaired) electrons. The van der Waals surface area contributed by atoms with Gasteiger partial charge in [-0.1, -0.05) is 13.8 Å². The van der Waals surface area contributed by atoms with Crippen molar-refractivity contribution < 1.29 is 24.9 Å². The minimum absolute atomic E-state index is 0.0466. The predicted octanol–water partition coefficient (Wildman–Crippen LogP) is 1.28. The summed E-state index contributed by atoms with van der Waals surface area (Å²) in [5.41, 5.74) is 0. The summed E-state index contributed by atoms with van der Waals surface area (Å²) >= 11 is 0. The van der Waals surface area contributed by atoms with E-state index in [9.17, 15) is 20.1 Å². The topological polar surface area (TPSA) is 87.0 Å². The molecule has 0 fully saturated rings. The average molecular weight is 290 g/mol. The summed E-state index contributed by atoms with van der Waals surface area (Å²) in [7, 11) is 0. The Kier molecular flexibility index (Phi) is 9.22. The van der Waals surface area contributed by atoms with E-state index in [1.807, 2.05) is 27.7 Å². The maximum atomic E-state index is 11.6. The first-order chi connectivity index (χ1) is 9.15. The average Bonchev–Trinajstić information content (AvgIpc) is 2.33. The van der Waals surface area contributed by atoms with Gasteiger partial charge in [-0.15, -0.1) is 0 Å². The fourth-order valence-electron chi connectivity index (χ4n) is 1.85. The molecule has 5 nitrogen and oxygen atoms in total. The number of aliphatic hydroxyl groups is 3. The second-order valence-electron chi connectivity index (χ2n) is 5.99. The van der Waals surface area contributed by atoms with Gasteiger partial charge in [0.05, 0.1) is 30.5 Å². The van der Waals surface area contributed by atoms with Gasteiger partial charge in [0.2, 0.25) is 0 Å². The summed E-state index contributed by atoms with van der Waals surface area (Å²) in [6, 6.07) is 0. The Morgan fingerprint density at radius 3 is 1.95 bits per heavy atom.